The molecule has 0 aliphatic rings. The molecule has 0 aliphatic carbocycles. The molecule has 3 heterocycles. The van der Waals surface area contributed by atoms with E-state index in [1.807, 2.05) is 46.6 Å². The van der Waals surface area contributed by atoms with Gasteiger partial charge in [-0.1, -0.05) is 0 Å². The zero-order valence-corrected chi connectivity index (χ0v) is 12.2. The first-order valence-corrected chi connectivity index (χ1v) is 7.56. The van der Waals surface area contributed by atoms with Crippen molar-refractivity contribution in [1.82, 2.24) is 14.9 Å². The number of aromatic nitrogens is 2. The molecule has 1 amide bonds. The lowest BCUT2D eigenvalue weighted by atomic mass is 10.3. The summed E-state index contributed by atoms with van der Waals surface area (Å²) >= 11 is 1.53. The fourth-order valence-electron chi connectivity index (χ4n) is 1.97. The van der Waals surface area contributed by atoms with Gasteiger partial charge in [-0.15, -0.1) is 11.3 Å². The van der Waals surface area contributed by atoms with Crippen LogP contribution < -0.4 is 5.32 Å². The molecule has 0 bridgehead atoms. The van der Waals surface area contributed by atoms with Crippen LogP contribution >= 0.6 is 11.3 Å². The van der Waals surface area contributed by atoms with Crippen molar-refractivity contribution < 1.29 is 9.21 Å². The Hall–Kier alpha value is -2.34. The quantitative estimate of drug-likeness (QED) is 0.760. The van der Waals surface area contributed by atoms with Crippen LogP contribution in [0, 0.1) is 0 Å². The monoisotopic (exact) mass is 301 g/mol. The topological polar surface area (TPSA) is 60.1 Å². The molecule has 3 aromatic heterocycles. The molecule has 0 atom stereocenters. The maximum absolute atomic E-state index is 11.9. The zero-order chi connectivity index (χ0) is 14.5. The first kappa shape index (κ1) is 13.6. The molecule has 6 heteroatoms. The third kappa shape index (κ3) is 3.61. The molecular weight excluding hydrogens is 286 g/mol. The number of furan rings is 1. The average molecular weight is 301 g/mol. The summed E-state index contributed by atoms with van der Waals surface area (Å²) in [5.41, 5.74) is 0.791. The maximum atomic E-state index is 11.9. The molecule has 0 radical (unpaired) electrons. The number of amides is 1. The summed E-state index contributed by atoms with van der Waals surface area (Å²) < 4.78 is 7.15. The number of rotatable bonds is 6. The second-order valence-corrected chi connectivity index (χ2v) is 5.40. The van der Waals surface area contributed by atoms with Gasteiger partial charge in [-0.25, -0.2) is 4.98 Å². The molecule has 0 fully saturated rings. The van der Waals surface area contributed by atoms with E-state index >= 15 is 0 Å². The van der Waals surface area contributed by atoms with Crippen LogP contribution in [0.3, 0.4) is 0 Å². The summed E-state index contributed by atoms with van der Waals surface area (Å²) in [4.78, 5) is 16.3. The Morgan fingerprint density at radius 1 is 1.33 bits per heavy atom. The zero-order valence-electron chi connectivity index (χ0n) is 11.4. The highest BCUT2D eigenvalue weighted by molar-refractivity contribution is 7.12. The summed E-state index contributed by atoms with van der Waals surface area (Å²) in [7, 11) is 0. The van der Waals surface area contributed by atoms with Gasteiger partial charge in [-0.2, -0.15) is 0 Å². The predicted molar refractivity (Wildman–Crippen MR) is 80.6 cm³/mol. The molecule has 5 nitrogen and oxygen atoms in total. The Bertz CT molecular complexity index is 686. The van der Waals surface area contributed by atoms with Crippen LogP contribution in [0.4, 0.5) is 0 Å². The lowest BCUT2D eigenvalue weighted by molar-refractivity contribution is -0.120. The van der Waals surface area contributed by atoms with Crippen LogP contribution in [0.5, 0.6) is 0 Å². The van der Waals surface area contributed by atoms with Crippen molar-refractivity contribution in [3.8, 4) is 5.13 Å². The van der Waals surface area contributed by atoms with Crippen LogP contribution in [0.2, 0.25) is 0 Å². The van der Waals surface area contributed by atoms with Gasteiger partial charge < -0.3 is 14.3 Å². The van der Waals surface area contributed by atoms with Gasteiger partial charge >= 0.3 is 0 Å². The van der Waals surface area contributed by atoms with Gasteiger partial charge in [0.25, 0.3) is 0 Å². The second kappa shape index (κ2) is 6.41. The second-order valence-electron chi connectivity index (χ2n) is 4.57. The Labute approximate surface area is 126 Å². The number of carbonyl (C=O) groups is 1. The summed E-state index contributed by atoms with van der Waals surface area (Å²) in [6, 6.07) is 7.63. The average Bonchev–Trinajstić information content (AvgIpc) is 3.21. The molecule has 0 saturated carbocycles. The predicted octanol–water partition coefficient (Wildman–Crippen LogP) is 2.43. The number of nitrogens with zero attached hydrogens (tertiary/aromatic N) is 2. The van der Waals surface area contributed by atoms with E-state index in [4.69, 9.17) is 4.42 Å². The van der Waals surface area contributed by atoms with Crippen molar-refractivity contribution in [2.75, 3.05) is 6.54 Å². The fraction of sp³-hybridized carbons (Fsp3) is 0.200. The lowest BCUT2D eigenvalue weighted by Crippen LogP contribution is -2.27. The highest BCUT2D eigenvalue weighted by Crippen LogP contribution is 2.15. The number of carbonyl (C=O) groups excluding carboxylic acids is 1. The number of thiazole rings is 1. The van der Waals surface area contributed by atoms with Gasteiger partial charge in [-0.05, 0) is 24.3 Å². The van der Waals surface area contributed by atoms with Gasteiger partial charge in [0.15, 0.2) is 5.13 Å². The van der Waals surface area contributed by atoms with E-state index in [1.165, 1.54) is 11.3 Å². The van der Waals surface area contributed by atoms with Gasteiger partial charge in [0.2, 0.25) is 5.91 Å². The van der Waals surface area contributed by atoms with E-state index < -0.39 is 0 Å². The third-order valence-corrected chi connectivity index (χ3v) is 3.88. The van der Waals surface area contributed by atoms with Gasteiger partial charge in [0.1, 0.15) is 5.76 Å². The molecule has 3 aromatic rings. The smallest absolute Gasteiger partial charge is 0.226 e. The molecule has 108 valence electrons. The summed E-state index contributed by atoms with van der Waals surface area (Å²) in [6.45, 7) is 0.570. The molecule has 0 unspecified atom stereocenters. The molecule has 0 aromatic carbocycles. The minimum atomic E-state index is -0.0223. The number of nitrogens with one attached hydrogen (secondary N) is 1. The molecule has 21 heavy (non-hydrogen) atoms. The van der Waals surface area contributed by atoms with Gasteiger partial charge in [0, 0.05) is 30.7 Å². The fourth-order valence-corrected chi connectivity index (χ4v) is 2.76. The first-order valence-electron chi connectivity index (χ1n) is 6.68. The molecular formula is C15H15N3O2S. The first-order chi connectivity index (χ1) is 10.3. The Morgan fingerprint density at radius 3 is 2.95 bits per heavy atom. The van der Waals surface area contributed by atoms with Crippen molar-refractivity contribution in [1.29, 1.82) is 0 Å². The molecule has 1 N–H and O–H groups in total. The highest BCUT2D eigenvalue weighted by atomic mass is 32.1. The summed E-state index contributed by atoms with van der Waals surface area (Å²) in [5, 5.41) is 5.66. The Balaban J connectivity index is 1.48. The van der Waals surface area contributed by atoms with Crippen LogP contribution in [-0.4, -0.2) is 22.0 Å². The van der Waals surface area contributed by atoms with Gasteiger partial charge in [0.05, 0.1) is 18.4 Å². The van der Waals surface area contributed by atoms with Crippen molar-refractivity contribution in [2.24, 2.45) is 0 Å². The highest BCUT2D eigenvalue weighted by Gasteiger charge is 2.08. The Morgan fingerprint density at radius 2 is 2.19 bits per heavy atom. The minimum Gasteiger partial charge on any atom is -0.469 e. The van der Waals surface area contributed by atoms with Crippen LogP contribution in [0.25, 0.3) is 5.13 Å². The van der Waals surface area contributed by atoms with E-state index in [9.17, 15) is 4.79 Å². The molecule has 3 rings (SSSR count). The number of hydrogen-bond donors (Lipinski definition) is 1. The largest absolute Gasteiger partial charge is 0.469 e. The van der Waals surface area contributed by atoms with Crippen molar-refractivity contribution in [3.05, 3.63) is 59.8 Å². The SMILES string of the molecule is O=C(Cc1csc(-n2cccc2)n1)NCCc1ccco1. The van der Waals surface area contributed by atoms with Crippen LogP contribution in [0.1, 0.15) is 11.5 Å². The van der Waals surface area contributed by atoms with Crippen LogP contribution in [0.15, 0.2) is 52.7 Å². The number of hydrogen-bond acceptors (Lipinski definition) is 4. The van der Waals surface area contributed by atoms with Crippen molar-refractivity contribution >= 4 is 17.2 Å². The standard InChI is InChI=1S/C15H15N3O2S/c19-14(16-6-5-13-4-3-9-20-13)10-12-11-21-15(17-12)18-7-1-2-8-18/h1-4,7-9,11H,5-6,10H2,(H,16,19). The third-order valence-electron chi connectivity index (χ3n) is 2.98. The summed E-state index contributed by atoms with van der Waals surface area (Å²) in [6.07, 6.45) is 6.51. The molecule has 0 aliphatic heterocycles. The maximum Gasteiger partial charge on any atom is 0.226 e. The van der Waals surface area contributed by atoms with Crippen molar-refractivity contribution in [3.63, 3.8) is 0 Å². The van der Waals surface area contributed by atoms with Gasteiger partial charge in [-0.3, -0.25) is 4.79 Å². The van der Waals surface area contributed by atoms with E-state index in [0.717, 1.165) is 16.6 Å². The minimum absolute atomic E-state index is 0.0223. The van der Waals surface area contributed by atoms with Crippen molar-refractivity contribution in [2.45, 2.75) is 12.8 Å². The molecule has 0 saturated heterocycles. The normalized spacial score (nSPS) is 10.7. The lowest BCUT2D eigenvalue weighted by Gasteiger charge is -2.02. The van der Waals surface area contributed by atoms with E-state index in [1.54, 1.807) is 6.26 Å². The van der Waals surface area contributed by atoms with E-state index in [0.29, 0.717) is 19.4 Å². The van der Waals surface area contributed by atoms with Crippen LogP contribution in [-0.2, 0) is 17.6 Å². The summed E-state index contributed by atoms with van der Waals surface area (Å²) in [5.74, 6) is 0.852. The van der Waals surface area contributed by atoms with E-state index in [-0.39, 0.29) is 5.91 Å². The van der Waals surface area contributed by atoms with E-state index in [2.05, 4.69) is 10.3 Å². The Kier molecular flexibility index (Phi) is 4.16. The molecule has 0 spiro atoms.